The molecule has 0 radical (unpaired) electrons. The molecule has 0 saturated heterocycles. The summed E-state index contributed by atoms with van der Waals surface area (Å²) in [4.78, 5) is 18.6. The number of aliphatic hydroxyl groups excluding tert-OH is 1. The van der Waals surface area contributed by atoms with E-state index in [4.69, 9.17) is 11.0 Å². The highest BCUT2D eigenvalue weighted by Gasteiger charge is 2.12. The summed E-state index contributed by atoms with van der Waals surface area (Å²) >= 11 is 1.14. The first kappa shape index (κ1) is 14.1. The van der Waals surface area contributed by atoms with Crippen LogP contribution in [0.25, 0.3) is 0 Å². The van der Waals surface area contributed by atoms with Crippen LogP contribution < -0.4 is 11.3 Å². The van der Waals surface area contributed by atoms with Gasteiger partial charge in [0.05, 0.1) is 17.7 Å². The van der Waals surface area contributed by atoms with E-state index in [1.54, 1.807) is 25.1 Å². The van der Waals surface area contributed by atoms with Crippen LogP contribution in [0.3, 0.4) is 0 Å². The summed E-state index contributed by atoms with van der Waals surface area (Å²) in [5.74, 6) is 0.117. The van der Waals surface area contributed by atoms with Crippen LogP contribution in [0, 0.1) is 11.3 Å². The molecular formula is C13H12N4O2S. The van der Waals surface area contributed by atoms with Crippen LogP contribution >= 0.6 is 11.8 Å². The fraction of sp³-hybridized carbons (Fsp3) is 0.154. The maximum Gasteiger partial charge on any atom is 0.253 e. The molecule has 102 valence electrons. The van der Waals surface area contributed by atoms with E-state index in [9.17, 15) is 9.90 Å². The normalized spacial score (nSPS) is 11.8. The number of hydrogen-bond acceptors (Lipinski definition) is 6. The van der Waals surface area contributed by atoms with Gasteiger partial charge in [0.15, 0.2) is 5.16 Å². The number of nitriles is 1. The van der Waals surface area contributed by atoms with Crippen LogP contribution in [-0.2, 0) is 0 Å². The molecule has 0 unspecified atom stereocenters. The van der Waals surface area contributed by atoms with Gasteiger partial charge in [0, 0.05) is 11.0 Å². The maximum atomic E-state index is 11.4. The van der Waals surface area contributed by atoms with Crippen molar-refractivity contribution in [3.8, 4) is 6.07 Å². The van der Waals surface area contributed by atoms with Crippen molar-refractivity contribution in [2.45, 2.75) is 23.1 Å². The molecule has 1 atom stereocenters. The Morgan fingerprint density at radius 2 is 2.25 bits per heavy atom. The van der Waals surface area contributed by atoms with Crippen molar-refractivity contribution < 1.29 is 5.11 Å². The zero-order valence-electron chi connectivity index (χ0n) is 10.6. The van der Waals surface area contributed by atoms with Crippen molar-refractivity contribution >= 4 is 17.6 Å². The van der Waals surface area contributed by atoms with Crippen molar-refractivity contribution in [2.24, 2.45) is 0 Å². The predicted octanol–water partition coefficient (Wildman–Crippen LogP) is 1.43. The molecule has 0 aliphatic heterocycles. The molecule has 0 aliphatic carbocycles. The molecule has 2 aromatic rings. The van der Waals surface area contributed by atoms with E-state index in [2.05, 4.69) is 9.97 Å². The zero-order chi connectivity index (χ0) is 14.7. The Balaban J connectivity index is 2.46. The number of nitrogens with zero attached hydrogens (tertiary/aromatic N) is 2. The number of aromatic nitrogens is 2. The molecule has 0 spiro atoms. The van der Waals surface area contributed by atoms with Gasteiger partial charge in [0.2, 0.25) is 0 Å². The summed E-state index contributed by atoms with van der Waals surface area (Å²) in [5.41, 5.74) is 6.28. The number of hydrogen-bond donors (Lipinski definition) is 3. The highest BCUT2D eigenvalue weighted by Crippen LogP contribution is 2.32. The summed E-state index contributed by atoms with van der Waals surface area (Å²) in [5, 5.41) is 19.0. The van der Waals surface area contributed by atoms with Gasteiger partial charge < -0.3 is 15.8 Å². The third-order valence-corrected chi connectivity index (χ3v) is 3.50. The number of anilines is 1. The van der Waals surface area contributed by atoms with Crippen LogP contribution in [0.2, 0.25) is 0 Å². The molecule has 1 heterocycles. The van der Waals surface area contributed by atoms with Crippen LogP contribution in [0.15, 0.2) is 39.1 Å². The zero-order valence-corrected chi connectivity index (χ0v) is 11.4. The SMILES string of the molecule is C[C@@H](O)c1ccc(C#N)cc1Sc1nc(N)cc(=O)[nH]1. The van der Waals surface area contributed by atoms with Crippen LogP contribution in [0.5, 0.6) is 0 Å². The lowest BCUT2D eigenvalue weighted by Gasteiger charge is -2.11. The number of aromatic amines is 1. The fourth-order valence-corrected chi connectivity index (χ4v) is 2.70. The van der Waals surface area contributed by atoms with Crippen molar-refractivity contribution in [1.82, 2.24) is 9.97 Å². The van der Waals surface area contributed by atoms with E-state index in [1.807, 2.05) is 6.07 Å². The highest BCUT2D eigenvalue weighted by molar-refractivity contribution is 7.99. The summed E-state index contributed by atoms with van der Waals surface area (Å²) in [7, 11) is 0. The summed E-state index contributed by atoms with van der Waals surface area (Å²) < 4.78 is 0. The molecule has 0 bridgehead atoms. The third-order valence-electron chi connectivity index (χ3n) is 2.54. The van der Waals surface area contributed by atoms with Crippen LogP contribution in [0.4, 0.5) is 5.82 Å². The van der Waals surface area contributed by atoms with E-state index in [0.717, 1.165) is 11.8 Å². The van der Waals surface area contributed by atoms with E-state index in [1.165, 1.54) is 6.07 Å². The number of nitrogens with one attached hydrogen (secondary N) is 1. The second-order valence-corrected chi connectivity index (χ2v) is 5.15. The Bertz CT molecular complexity index is 734. The molecule has 1 aromatic carbocycles. The number of benzene rings is 1. The number of H-pyrrole nitrogens is 1. The lowest BCUT2D eigenvalue weighted by Crippen LogP contribution is -2.09. The van der Waals surface area contributed by atoms with Crippen molar-refractivity contribution in [2.75, 3.05) is 5.73 Å². The molecular weight excluding hydrogens is 276 g/mol. The standard InChI is InChI=1S/C13H12N4O2S/c1-7(18)9-3-2-8(6-14)4-10(9)20-13-16-11(15)5-12(19)17-13/h2-5,7,18H,1H3,(H3,15,16,17,19)/t7-/m1/s1. The van der Waals surface area contributed by atoms with E-state index < -0.39 is 6.10 Å². The summed E-state index contributed by atoms with van der Waals surface area (Å²) in [6.07, 6.45) is -0.696. The Labute approximate surface area is 119 Å². The van der Waals surface area contributed by atoms with Gasteiger partial charge in [-0.3, -0.25) is 4.79 Å². The molecule has 6 nitrogen and oxygen atoms in total. The predicted molar refractivity (Wildman–Crippen MR) is 75.2 cm³/mol. The first-order chi connectivity index (χ1) is 9.49. The fourth-order valence-electron chi connectivity index (χ4n) is 1.64. The molecule has 7 heteroatoms. The van der Waals surface area contributed by atoms with Gasteiger partial charge in [0.25, 0.3) is 5.56 Å². The van der Waals surface area contributed by atoms with Crippen molar-refractivity contribution in [1.29, 1.82) is 5.26 Å². The lowest BCUT2D eigenvalue weighted by atomic mass is 10.1. The minimum atomic E-state index is -0.696. The summed E-state index contributed by atoms with van der Waals surface area (Å²) in [6, 6.07) is 8.15. The first-order valence-electron chi connectivity index (χ1n) is 5.76. The van der Waals surface area contributed by atoms with Gasteiger partial charge in [-0.1, -0.05) is 17.8 Å². The number of nitrogens with two attached hydrogens (primary N) is 1. The van der Waals surface area contributed by atoms with E-state index in [0.29, 0.717) is 21.2 Å². The van der Waals surface area contributed by atoms with Gasteiger partial charge >= 0.3 is 0 Å². The van der Waals surface area contributed by atoms with Crippen molar-refractivity contribution in [3.63, 3.8) is 0 Å². The molecule has 0 saturated carbocycles. The third kappa shape index (κ3) is 3.17. The van der Waals surface area contributed by atoms with Gasteiger partial charge in [0.1, 0.15) is 5.82 Å². The molecule has 20 heavy (non-hydrogen) atoms. The summed E-state index contributed by atoms with van der Waals surface area (Å²) in [6.45, 7) is 1.63. The maximum absolute atomic E-state index is 11.4. The average molecular weight is 288 g/mol. The molecule has 0 fully saturated rings. The highest BCUT2D eigenvalue weighted by atomic mass is 32.2. The van der Waals surface area contributed by atoms with Crippen molar-refractivity contribution in [3.05, 3.63) is 45.7 Å². The molecule has 2 rings (SSSR count). The Morgan fingerprint density at radius 1 is 1.50 bits per heavy atom. The smallest absolute Gasteiger partial charge is 0.253 e. The Morgan fingerprint density at radius 3 is 2.85 bits per heavy atom. The number of rotatable bonds is 3. The topological polar surface area (TPSA) is 116 Å². The number of aliphatic hydroxyl groups is 1. The minimum Gasteiger partial charge on any atom is -0.389 e. The quantitative estimate of drug-likeness (QED) is 0.736. The largest absolute Gasteiger partial charge is 0.389 e. The first-order valence-corrected chi connectivity index (χ1v) is 6.58. The van der Waals surface area contributed by atoms with Gasteiger partial charge in [-0.25, -0.2) is 4.98 Å². The second-order valence-electron chi connectivity index (χ2n) is 4.12. The number of nitrogen functional groups attached to an aromatic ring is 1. The Hall–Kier alpha value is -2.30. The van der Waals surface area contributed by atoms with Gasteiger partial charge in [-0.15, -0.1) is 0 Å². The average Bonchev–Trinajstić information content (AvgIpc) is 2.37. The second kappa shape index (κ2) is 5.77. The molecule has 1 aromatic heterocycles. The molecule has 0 amide bonds. The Kier molecular flexibility index (Phi) is 4.08. The monoisotopic (exact) mass is 288 g/mol. The molecule has 4 N–H and O–H groups in total. The van der Waals surface area contributed by atoms with Gasteiger partial charge in [-0.05, 0) is 24.6 Å². The van der Waals surface area contributed by atoms with Gasteiger partial charge in [-0.2, -0.15) is 5.26 Å². The minimum absolute atomic E-state index is 0.117. The van der Waals surface area contributed by atoms with E-state index in [-0.39, 0.29) is 11.4 Å². The lowest BCUT2D eigenvalue weighted by molar-refractivity contribution is 0.196. The van der Waals surface area contributed by atoms with E-state index >= 15 is 0 Å². The van der Waals surface area contributed by atoms with Crippen LogP contribution in [0.1, 0.15) is 24.2 Å². The molecule has 0 aliphatic rings. The van der Waals surface area contributed by atoms with Crippen LogP contribution in [-0.4, -0.2) is 15.1 Å².